The van der Waals surface area contributed by atoms with E-state index in [1.165, 1.54) is 0 Å². The predicted octanol–water partition coefficient (Wildman–Crippen LogP) is 6.17. The van der Waals surface area contributed by atoms with Crippen molar-refractivity contribution in [3.63, 3.8) is 0 Å². The van der Waals surface area contributed by atoms with Gasteiger partial charge in [-0.2, -0.15) is 70.2 Å². The second-order valence-corrected chi connectivity index (χ2v) is 4.82. The van der Waals surface area contributed by atoms with E-state index < -0.39 is 54.3 Å². The topological polar surface area (TPSA) is 0 Å². The van der Waals surface area contributed by atoms with Gasteiger partial charge < -0.3 is 0 Å². The SMILES string of the molecule is FC(C(C(F)(F)F)C(F)(F)C(F)(F)C(F)(F)F)C(F)(C(F)(F)F)C(F)(F)F. The van der Waals surface area contributed by atoms with Gasteiger partial charge >= 0.3 is 42.2 Å². The molecule has 0 radical (unpaired) electrons. The van der Waals surface area contributed by atoms with E-state index in [4.69, 9.17) is 0 Å². The lowest BCUT2D eigenvalue weighted by molar-refractivity contribution is -0.415. The van der Waals surface area contributed by atoms with Crippen LogP contribution in [0.1, 0.15) is 0 Å². The molecule has 2 atom stereocenters. The molecule has 0 saturated heterocycles. The van der Waals surface area contributed by atoms with Crippen LogP contribution in [0.4, 0.5) is 79.0 Å². The molecule has 0 nitrogen and oxygen atoms in total. The van der Waals surface area contributed by atoms with Crippen LogP contribution in [0.3, 0.4) is 0 Å². The van der Waals surface area contributed by atoms with Crippen molar-refractivity contribution in [2.75, 3.05) is 0 Å². The van der Waals surface area contributed by atoms with Crippen molar-refractivity contribution in [1.82, 2.24) is 0 Å². The molecule has 0 bridgehead atoms. The molecule has 27 heavy (non-hydrogen) atoms. The smallest absolute Gasteiger partial charge is 0.242 e. The molecule has 0 aliphatic rings. The zero-order valence-corrected chi connectivity index (χ0v) is 11.5. The van der Waals surface area contributed by atoms with Crippen molar-refractivity contribution >= 4 is 0 Å². The van der Waals surface area contributed by atoms with Gasteiger partial charge in [-0.1, -0.05) is 0 Å². The molecular weight excluding hydrogens is 450 g/mol. The van der Waals surface area contributed by atoms with Crippen molar-refractivity contribution < 1.29 is 79.0 Å². The third-order valence-electron chi connectivity index (χ3n) is 3.02. The average Bonchev–Trinajstić information content (AvgIpc) is 2.30. The predicted molar refractivity (Wildman–Crippen MR) is 46.3 cm³/mol. The molecule has 0 heterocycles. The molecule has 0 aromatic rings. The Kier molecular flexibility index (Phi) is 6.08. The van der Waals surface area contributed by atoms with E-state index in [0.717, 1.165) is 0 Å². The summed E-state index contributed by atoms with van der Waals surface area (Å²) in [5, 5.41) is 0. The van der Waals surface area contributed by atoms with E-state index in [9.17, 15) is 79.0 Å². The number of hydrogen-bond donors (Lipinski definition) is 0. The standard InChI is InChI=1S/C9H2F18/c10-2(3(11,7(19,20)21)8(22,23)24)1(5(14,15)16)4(12,13)6(17,18)9(25,26)27/h1-2H. The third kappa shape index (κ3) is 3.97. The number of alkyl halides is 18. The fraction of sp³-hybridized carbons (Fsp3) is 1.00. The van der Waals surface area contributed by atoms with Crippen molar-refractivity contribution in [2.45, 2.75) is 48.4 Å². The van der Waals surface area contributed by atoms with E-state index in [1.54, 1.807) is 0 Å². The molecule has 0 aliphatic heterocycles. The molecule has 0 spiro atoms. The Balaban J connectivity index is 6.84. The molecule has 0 fully saturated rings. The Morgan fingerprint density at radius 1 is 0.444 bits per heavy atom. The highest BCUT2D eigenvalue weighted by Gasteiger charge is 2.87. The molecule has 0 rings (SSSR count). The second-order valence-electron chi connectivity index (χ2n) is 4.82. The van der Waals surface area contributed by atoms with Gasteiger partial charge in [-0.15, -0.1) is 0 Å². The number of halogens is 18. The normalized spacial score (nSPS) is 18.4. The van der Waals surface area contributed by atoms with Gasteiger partial charge in [-0.05, 0) is 0 Å². The molecule has 0 saturated carbocycles. The monoisotopic (exact) mass is 452 g/mol. The third-order valence-corrected chi connectivity index (χ3v) is 3.02. The Morgan fingerprint density at radius 2 is 0.741 bits per heavy atom. The highest BCUT2D eigenvalue weighted by atomic mass is 19.4. The summed E-state index contributed by atoms with van der Waals surface area (Å²) in [4.78, 5) is 0. The maximum Gasteiger partial charge on any atom is 0.459 e. The maximum atomic E-state index is 13.3. The van der Waals surface area contributed by atoms with Gasteiger partial charge in [-0.3, -0.25) is 0 Å². The zero-order valence-electron chi connectivity index (χ0n) is 11.5. The Hall–Kier alpha value is -1.26. The zero-order chi connectivity index (χ0) is 22.7. The van der Waals surface area contributed by atoms with Gasteiger partial charge in [0.05, 0.1) is 0 Å². The quantitative estimate of drug-likeness (QED) is 0.448. The Morgan fingerprint density at radius 3 is 0.926 bits per heavy atom. The summed E-state index contributed by atoms with van der Waals surface area (Å²) >= 11 is 0. The molecule has 2 unspecified atom stereocenters. The van der Waals surface area contributed by atoms with Crippen LogP contribution in [-0.2, 0) is 0 Å². The van der Waals surface area contributed by atoms with Gasteiger partial charge in [0.15, 0.2) is 12.1 Å². The first kappa shape index (κ1) is 25.7. The second kappa shape index (κ2) is 6.38. The van der Waals surface area contributed by atoms with E-state index in [0.29, 0.717) is 0 Å². The summed E-state index contributed by atoms with van der Waals surface area (Å²) in [5.41, 5.74) is -7.86. The largest absolute Gasteiger partial charge is 0.459 e. The lowest BCUT2D eigenvalue weighted by atomic mass is 9.81. The highest BCUT2D eigenvalue weighted by molar-refractivity contribution is 5.10. The summed E-state index contributed by atoms with van der Waals surface area (Å²) in [6, 6.07) is 0. The first-order chi connectivity index (χ1) is 11.3. The summed E-state index contributed by atoms with van der Waals surface area (Å²) < 4.78 is 224. The van der Waals surface area contributed by atoms with E-state index in [1.807, 2.05) is 0 Å². The summed E-state index contributed by atoms with van der Waals surface area (Å²) in [6.07, 6.45) is -37.6. The van der Waals surface area contributed by atoms with Crippen LogP contribution >= 0.6 is 0 Å². The molecule has 0 aliphatic carbocycles. The maximum absolute atomic E-state index is 13.3. The lowest BCUT2D eigenvalue weighted by Crippen LogP contribution is -2.69. The Labute approximate surface area is 135 Å². The van der Waals surface area contributed by atoms with Gasteiger partial charge in [0.1, 0.15) is 0 Å². The van der Waals surface area contributed by atoms with Crippen molar-refractivity contribution in [1.29, 1.82) is 0 Å². The average molecular weight is 452 g/mol. The summed E-state index contributed by atoms with van der Waals surface area (Å²) in [5.74, 6) is -22.7. The van der Waals surface area contributed by atoms with Crippen molar-refractivity contribution in [3.05, 3.63) is 0 Å². The van der Waals surface area contributed by atoms with Crippen molar-refractivity contribution in [3.8, 4) is 0 Å². The fourth-order valence-electron chi connectivity index (χ4n) is 1.64. The van der Waals surface area contributed by atoms with E-state index in [-0.39, 0.29) is 0 Å². The van der Waals surface area contributed by atoms with Gasteiger partial charge in [-0.25, -0.2) is 8.78 Å². The van der Waals surface area contributed by atoms with Crippen LogP contribution in [0, 0.1) is 5.92 Å². The molecule has 18 heteroatoms. The fourth-order valence-corrected chi connectivity index (χ4v) is 1.64. The molecule has 0 aromatic carbocycles. The van der Waals surface area contributed by atoms with Gasteiger partial charge in [0.25, 0.3) is 0 Å². The number of hydrogen-bond acceptors (Lipinski definition) is 0. The molecule has 0 N–H and O–H groups in total. The van der Waals surface area contributed by atoms with E-state index >= 15 is 0 Å². The molecular formula is C9H2F18. The molecule has 164 valence electrons. The van der Waals surface area contributed by atoms with Crippen LogP contribution in [0.25, 0.3) is 0 Å². The minimum Gasteiger partial charge on any atom is -0.242 e. The minimum absolute atomic E-state index is 6.68. The van der Waals surface area contributed by atoms with Gasteiger partial charge in [0.2, 0.25) is 0 Å². The van der Waals surface area contributed by atoms with Gasteiger partial charge in [0, 0.05) is 0 Å². The van der Waals surface area contributed by atoms with Crippen LogP contribution in [0.2, 0.25) is 0 Å². The summed E-state index contributed by atoms with van der Waals surface area (Å²) in [6.45, 7) is 0. The summed E-state index contributed by atoms with van der Waals surface area (Å²) in [7, 11) is 0. The number of rotatable bonds is 4. The van der Waals surface area contributed by atoms with Crippen LogP contribution in [0.5, 0.6) is 0 Å². The van der Waals surface area contributed by atoms with Crippen LogP contribution < -0.4 is 0 Å². The first-order valence-electron chi connectivity index (χ1n) is 5.63. The Bertz CT molecular complexity index is 499. The van der Waals surface area contributed by atoms with E-state index in [2.05, 4.69) is 0 Å². The highest BCUT2D eigenvalue weighted by Crippen LogP contribution is 2.60. The first-order valence-corrected chi connectivity index (χ1v) is 5.63. The van der Waals surface area contributed by atoms with Crippen LogP contribution in [-0.4, -0.2) is 48.4 Å². The molecule has 0 amide bonds. The van der Waals surface area contributed by atoms with Crippen LogP contribution in [0.15, 0.2) is 0 Å². The van der Waals surface area contributed by atoms with Crippen molar-refractivity contribution in [2.24, 2.45) is 5.92 Å². The molecule has 0 aromatic heterocycles. The minimum atomic E-state index is -8.00. The lowest BCUT2D eigenvalue weighted by Gasteiger charge is -2.41.